The molecule has 0 saturated carbocycles. The largest absolute Gasteiger partial charge is 0.242 e. The summed E-state index contributed by atoms with van der Waals surface area (Å²) in [5, 5.41) is 1.56. The van der Waals surface area contributed by atoms with E-state index in [2.05, 4.69) is 107 Å². The van der Waals surface area contributed by atoms with Crippen molar-refractivity contribution in [3.05, 3.63) is 28.8 Å². The van der Waals surface area contributed by atoms with Crippen LogP contribution in [-0.4, -0.2) is 15.7 Å². The summed E-state index contributed by atoms with van der Waals surface area (Å²) in [5.41, 5.74) is 5.45. The lowest BCUT2D eigenvalue weighted by Crippen LogP contribution is -2.53. The van der Waals surface area contributed by atoms with Crippen LogP contribution in [0.15, 0.2) is 12.1 Å². The molecule has 1 aromatic rings. The summed E-state index contributed by atoms with van der Waals surface area (Å²) in [4.78, 5) is 0. The van der Waals surface area contributed by atoms with Gasteiger partial charge in [0.25, 0.3) is 0 Å². The fourth-order valence-electron chi connectivity index (χ4n) is 4.63. The summed E-state index contributed by atoms with van der Waals surface area (Å²) in [6.45, 7) is 31.1. The van der Waals surface area contributed by atoms with Crippen LogP contribution < -0.4 is 5.30 Å². The summed E-state index contributed by atoms with van der Waals surface area (Å²) in [6, 6.07) is 5.03. The molecule has 3 heteroatoms. The molecule has 1 saturated heterocycles. The second kappa shape index (κ2) is 8.28. The van der Waals surface area contributed by atoms with Gasteiger partial charge < -0.3 is 0 Å². The average Bonchev–Trinajstić information content (AvgIpc) is 2.49. The molecule has 0 amide bonds. The Bertz CT molecular complexity index is 745. The number of nitrogens with zero attached hydrogens (tertiary/aromatic N) is 1. The predicted octanol–water partition coefficient (Wildman–Crippen LogP) is 8.97. The first kappa shape index (κ1) is 26.0. The van der Waals surface area contributed by atoms with Gasteiger partial charge in [0.2, 0.25) is 0 Å². The van der Waals surface area contributed by atoms with Crippen molar-refractivity contribution < 1.29 is 0 Å². The van der Waals surface area contributed by atoms with Gasteiger partial charge >= 0.3 is 0 Å². The van der Waals surface area contributed by atoms with Gasteiger partial charge in [-0.15, -0.1) is 0 Å². The summed E-state index contributed by atoms with van der Waals surface area (Å²) < 4.78 is 2.77. The first-order valence-electron chi connectivity index (χ1n) is 11.7. The van der Waals surface area contributed by atoms with Gasteiger partial charge in [0.05, 0.1) is 0 Å². The van der Waals surface area contributed by atoms with Crippen molar-refractivity contribution in [2.75, 3.05) is 0 Å². The highest BCUT2D eigenvalue weighted by molar-refractivity contribution is 7.86. The highest BCUT2D eigenvalue weighted by Gasteiger charge is 2.41. The third-order valence-electron chi connectivity index (χ3n) is 6.55. The molecule has 1 aromatic carbocycles. The molecule has 1 fully saturated rings. The van der Waals surface area contributed by atoms with Crippen LogP contribution in [0.3, 0.4) is 0 Å². The number of piperidine rings is 1. The van der Waals surface area contributed by atoms with Gasteiger partial charge in [0.1, 0.15) is 0 Å². The maximum absolute atomic E-state index is 2.77. The van der Waals surface area contributed by atoms with Crippen molar-refractivity contribution in [3.8, 4) is 0 Å². The van der Waals surface area contributed by atoms with Gasteiger partial charge in [-0.2, -0.15) is 0 Å². The molecular formula is C27H47NP2. The zero-order chi connectivity index (χ0) is 23.3. The fraction of sp³-hybridized carbons (Fsp3) is 0.778. The van der Waals surface area contributed by atoms with Crippen LogP contribution in [0.1, 0.15) is 126 Å². The molecule has 1 heterocycles. The van der Waals surface area contributed by atoms with E-state index in [4.69, 9.17) is 0 Å². The second-order valence-corrected chi connectivity index (χ2v) is 16.0. The zero-order valence-electron chi connectivity index (χ0n) is 22.1. The van der Waals surface area contributed by atoms with E-state index in [0.717, 1.165) is 0 Å². The molecule has 0 bridgehead atoms. The molecule has 0 atom stereocenters. The van der Waals surface area contributed by atoms with Gasteiger partial charge in [-0.05, 0) is 87.8 Å². The molecule has 0 aliphatic carbocycles. The van der Waals surface area contributed by atoms with Gasteiger partial charge in [-0.25, -0.2) is 4.67 Å². The van der Waals surface area contributed by atoms with E-state index in [1.165, 1.54) is 51.8 Å². The van der Waals surface area contributed by atoms with E-state index in [0.29, 0.717) is 0 Å². The van der Waals surface area contributed by atoms with E-state index in [9.17, 15) is 0 Å². The molecule has 2 rings (SSSR count). The molecule has 170 valence electrons. The van der Waals surface area contributed by atoms with Crippen LogP contribution >= 0.6 is 15.9 Å². The van der Waals surface area contributed by atoms with Gasteiger partial charge in [0.15, 0.2) is 0 Å². The summed E-state index contributed by atoms with van der Waals surface area (Å²) in [5.74, 6) is 0. The Morgan fingerprint density at radius 3 is 1.43 bits per heavy atom. The Labute approximate surface area is 191 Å². The third kappa shape index (κ3) is 5.77. The molecule has 0 unspecified atom stereocenters. The summed E-state index contributed by atoms with van der Waals surface area (Å²) >= 11 is 0. The Balaban J connectivity index is 2.76. The summed E-state index contributed by atoms with van der Waals surface area (Å²) in [6.07, 6.45) is 3.92. The van der Waals surface area contributed by atoms with Gasteiger partial charge in [-0.3, -0.25) is 0 Å². The number of hydrogen-bond donors (Lipinski definition) is 0. The Morgan fingerprint density at radius 1 is 0.700 bits per heavy atom. The Kier molecular flexibility index (Phi) is 7.19. The Morgan fingerprint density at radius 2 is 1.10 bits per heavy atom. The van der Waals surface area contributed by atoms with Crippen molar-refractivity contribution in [2.24, 2.45) is 0 Å². The standard InChI is InChI=1S/C27H47NP2/c1-23(2,3)19-17-20(24(4,5)6)22(21(18-19)25(7,8)9)29-30-28-26(10,11)15-14-16-27(28,12)13/h17-18H,14-16H2,1-13H3. The van der Waals surface area contributed by atoms with Crippen LogP contribution in [0.2, 0.25) is 0 Å². The molecular weight excluding hydrogens is 400 g/mol. The smallest absolute Gasteiger partial charge is 0.0243 e. The van der Waals surface area contributed by atoms with Crippen molar-refractivity contribution in [3.63, 3.8) is 0 Å². The van der Waals surface area contributed by atoms with Crippen LogP contribution in [0, 0.1) is 0 Å². The fourth-order valence-corrected chi connectivity index (χ4v) is 9.15. The molecule has 0 N–H and O–H groups in total. The van der Waals surface area contributed by atoms with Crippen LogP contribution in [0.5, 0.6) is 0 Å². The van der Waals surface area contributed by atoms with Gasteiger partial charge in [0, 0.05) is 24.4 Å². The molecule has 30 heavy (non-hydrogen) atoms. The average molecular weight is 448 g/mol. The maximum atomic E-state index is 2.77. The van der Waals surface area contributed by atoms with E-state index < -0.39 is 0 Å². The van der Waals surface area contributed by atoms with E-state index >= 15 is 0 Å². The first-order chi connectivity index (χ1) is 13.3. The maximum Gasteiger partial charge on any atom is 0.0243 e. The van der Waals surface area contributed by atoms with Crippen molar-refractivity contribution in [1.29, 1.82) is 0 Å². The van der Waals surface area contributed by atoms with Gasteiger partial charge in [-0.1, -0.05) is 74.4 Å². The summed E-state index contributed by atoms with van der Waals surface area (Å²) in [7, 11) is 2.85. The SMILES string of the molecule is CC(C)(C)c1cc(C(C)(C)C)c(P=PN2C(C)(C)CCCC2(C)C)c(C(C)(C)C)c1. The molecule has 1 nitrogen and oxygen atoms in total. The lowest BCUT2D eigenvalue weighted by atomic mass is 9.75. The highest BCUT2D eigenvalue weighted by Crippen LogP contribution is 2.46. The monoisotopic (exact) mass is 447 g/mol. The lowest BCUT2D eigenvalue weighted by Gasteiger charge is -2.50. The number of rotatable bonds is 2. The lowest BCUT2D eigenvalue weighted by molar-refractivity contribution is 0.0659. The third-order valence-corrected chi connectivity index (χ3v) is 9.99. The molecule has 0 spiro atoms. The number of hydrogen-bond acceptors (Lipinski definition) is 0. The zero-order valence-corrected chi connectivity index (χ0v) is 23.9. The highest BCUT2D eigenvalue weighted by atomic mass is 31.7. The number of benzene rings is 1. The van der Waals surface area contributed by atoms with Crippen molar-refractivity contribution in [1.82, 2.24) is 4.67 Å². The predicted molar refractivity (Wildman–Crippen MR) is 140 cm³/mol. The van der Waals surface area contributed by atoms with E-state index in [1.54, 1.807) is 5.30 Å². The van der Waals surface area contributed by atoms with Crippen LogP contribution in [-0.2, 0) is 16.2 Å². The van der Waals surface area contributed by atoms with E-state index in [-0.39, 0.29) is 27.3 Å². The minimum Gasteiger partial charge on any atom is -0.242 e. The van der Waals surface area contributed by atoms with Crippen LogP contribution in [0.25, 0.3) is 0 Å². The van der Waals surface area contributed by atoms with Crippen molar-refractivity contribution in [2.45, 2.75) is 137 Å². The molecule has 1 aliphatic heterocycles. The van der Waals surface area contributed by atoms with Crippen LogP contribution in [0.4, 0.5) is 0 Å². The van der Waals surface area contributed by atoms with E-state index in [1.807, 2.05) is 0 Å². The van der Waals surface area contributed by atoms with Crippen molar-refractivity contribution >= 4 is 21.2 Å². The molecule has 1 aliphatic rings. The quantitative estimate of drug-likeness (QED) is 0.409. The second-order valence-electron chi connectivity index (χ2n) is 13.6. The minimum atomic E-state index is 0.131. The molecule has 0 radical (unpaired) electrons. The first-order valence-corrected chi connectivity index (χ1v) is 14.1. The normalized spacial score (nSPS) is 20.7. The molecule has 0 aromatic heterocycles. The topological polar surface area (TPSA) is 3.24 Å². The minimum absolute atomic E-state index is 0.131. The Hall–Kier alpha value is -0.220.